The van der Waals surface area contributed by atoms with Gasteiger partial charge in [0.15, 0.2) is 0 Å². The first-order chi connectivity index (χ1) is 7.66. The van der Waals surface area contributed by atoms with E-state index in [1.54, 1.807) is 24.3 Å². The van der Waals surface area contributed by atoms with Crippen molar-refractivity contribution in [1.82, 2.24) is 0 Å². The first kappa shape index (κ1) is 11.1. The molecule has 0 heterocycles. The number of rotatable bonds is 2. The molecule has 0 N–H and O–H groups in total. The Labute approximate surface area is 97.5 Å². The van der Waals surface area contributed by atoms with E-state index in [1.165, 1.54) is 18.2 Å². The van der Waals surface area contributed by atoms with Crippen molar-refractivity contribution < 1.29 is 8.78 Å². The van der Waals surface area contributed by atoms with E-state index in [9.17, 15) is 8.78 Å². The van der Waals surface area contributed by atoms with Gasteiger partial charge in [-0.1, -0.05) is 29.8 Å². The molecular formula is C13H9ClF2. The molecule has 82 valence electrons. The summed E-state index contributed by atoms with van der Waals surface area (Å²) in [7, 11) is 0. The van der Waals surface area contributed by atoms with Crippen molar-refractivity contribution in [2.24, 2.45) is 0 Å². The first-order valence-corrected chi connectivity index (χ1v) is 5.22. The highest BCUT2D eigenvalue weighted by molar-refractivity contribution is 6.30. The van der Waals surface area contributed by atoms with Gasteiger partial charge in [-0.25, -0.2) is 8.78 Å². The second-order valence-corrected chi connectivity index (χ2v) is 3.94. The Morgan fingerprint density at radius 3 is 2.19 bits per heavy atom. The molecule has 0 spiro atoms. The Hall–Kier alpha value is -1.41. The first-order valence-electron chi connectivity index (χ1n) is 4.84. The molecule has 3 heteroatoms. The standard InChI is InChI=1S/C13H9ClF2/c14-10-4-1-3-9(7-10)8-11-12(15)5-2-6-13(11)16/h1-7H,8H2. The largest absolute Gasteiger partial charge is 0.207 e. The summed E-state index contributed by atoms with van der Waals surface area (Å²) in [5.41, 5.74) is 0.862. The molecule has 0 saturated heterocycles. The third-order valence-electron chi connectivity index (χ3n) is 2.33. The lowest BCUT2D eigenvalue weighted by Crippen LogP contribution is -1.96. The summed E-state index contributed by atoms with van der Waals surface area (Å²) in [5.74, 6) is -1.06. The molecule has 0 nitrogen and oxygen atoms in total. The predicted molar refractivity (Wildman–Crippen MR) is 60.6 cm³/mol. The molecule has 2 aromatic rings. The van der Waals surface area contributed by atoms with E-state index in [4.69, 9.17) is 11.6 Å². The van der Waals surface area contributed by atoms with Crippen LogP contribution in [0, 0.1) is 11.6 Å². The minimum absolute atomic E-state index is 0.0739. The molecule has 0 aliphatic carbocycles. The smallest absolute Gasteiger partial charge is 0.129 e. The Morgan fingerprint density at radius 1 is 0.938 bits per heavy atom. The van der Waals surface area contributed by atoms with Crippen LogP contribution in [0.3, 0.4) is 0 Å². The van der Waals surface area contributed by atoms with Gasteiger partial charge in [0.25, 0.3) is 0 Å². The summed E-state index contributed by atoms with van der Waals surface area (Å²) in [6, 6.07) is 10.8. The van der Waals surface area contributed by atoms with E-state index in [2.05, 4.69) is 0 Å². The summed E-state index contributed by atoms with van der Waals surface area (Å²) in [6.07, 6.45) is 0.207. The summed E-state index contributed by atoms with van der Waals surface area (Å²) in [5, 5.41) is 0.564. The van der Waals surface area contributed by atoms with Crippen molar-refractivity contribution in [1.29, 1.82) is 0 Å². The Morgan fingerprint density at radius 2 is 1.56 bits per heavy atom. The minimum atomic E-state index is -0.528. The van der Waals surface area contributed by atoms with Gasteiger partial charge in [-0.05, 0) is 29.8 Å². The molecule has 16 heavy (non-hydrogen) atoms. The number of hydrogen-bond donors (Lipinski definition) is 0. The van der Waals surface area contributed by atoms with Crippen molar-refractivity contribution in [2.75, 3.05) is 0 Å². The van der Waals surface area contributed by atoms with E-state index in [0.717, 1.165) is 5.56 Å². The van der Waals surface area contributed by atoms with Crippen LogP contribution in [0.15, 0.2) is 42.5 Å². The zero-order valence-electron chi connectivity index (χ0n) is 8.38. The normalized spacial score (nSPS) is 10.4. The highest BCUT2D eigenvalue weighted by Gasteiger charge is 2.08. The maximum atomic E-state index is 13.4. The van der Waals surface area contributed by atoms with Crippen LogP contribution in [0.2, 0.25) is 5.02 Å². The lowest BCUT2D eigenvalue weighted by atomic mass is 10.0. The zero-order valence-corrected chi connectivity index (χ0v) is 9.14. The topological polar surface area (TPSA) is 0 Å². The van der Waals surface area contributed by atoms with Crippen LogP contribution in [-0.2, 0) is 6.42 Å². The average Bonchev–Trinajstić information content (AvgIpc) is 2.24. The SMILES string of the molecule is Fc1cccc(F)c1Cc1cccc(Cl)c1. The van der Waals surface area contributed by atoms with Gasteiger partial charge in [-0.15, -0.1) is 0 Å². The molecule has 0 bridgehead atoms. The molecule has 0 aliphatic heterocycles. The molecule has 0 unspecified atom stereocenters. The van der Waals surface area contributed by atoms with E-state index in [0.29, 0.717) is 5.02 Å². The van der Waals surface area contributed by atoms with E-state index >= 15 is 0 Å². The van der Waals surface area contributed by atoms with E-state index in [-0.39, 0.29) is 12.0 Å². The molecular weight excluding hydrogens is 230 g/mol. The average molecular weight is 239 g/mol. The molecule has 0 fully saturated rings. The fraction of sp³-hybridized carbons (Fsp3) is 0.0769. The monoisotopic (exact) mass is 238 g/mol. The van der Waals surface area contributed by atoms with Crippen LogP contribution in [0.5, 0.6) is 0 Å². The maximum Gasteiger partial charge on any atom is 0.129 e. The number of hydrogen-bond acceptors (Lipinski definition) is 0. The highest BCUT2D eigenvalue weighted by atomic mass is 35.5. The van der Waals surface area contributed by atoms with E-state index < -0.39 is 11.6 Å². The van der Waals surface area contributed by atoms with Crippen molar-refractivity contribution in [3.63, 3.8) is 0 Å². The third kappa shape index (κ3) is 2.39. The Bertz CT molecular complexity index is 489. The minimum Gasteiger partial charge on any atom is -0.207 e. The van der Waals surface area contributed by atoms with Crippen molar-refractivity contribution in [2.45, 2.75) is 6.42 Å². The quantitative estimate of drug-likeness (QED) is 0.735. The summed E-state index contributed by atoms with van der Waals surface area (Å²) >= 11 is 5.80. The van der Waals surface area contributed by atoms with E-state index in [1.807, 2.05) is 0 Å². The molecule has 0 saturated carbocycles. The maximum absolute atomic E-state index is 13.4. The fourth-order valence-corrected chi connectivity index (χ4v) is 1.77. The number of halogens is 3. The lowest BCUT2D eigenvalue weighted by molar-refractivity contribution is 0.561. The summed E-state index contributed by atoms with van der Waals surface area (Å²) < 4.78 is 26.7. The van der Waals surface area contributed by atoms with Crippen molar-refractivity contribution in [3.05, 3.63) is 70.2 Å². The lowest BCUT2D eigenvalue weighted by Gasteiger charge is -2.05. The van der Waals surface area contributed by atoms with Crippen molar-refractivity contribution in [3.8, 4) is 0 Å². The van der Waals surface area contributed by atoms with Crippen LogP contribution in [0.25, 0.3) is 0 Å². The molecule has 0 atom stereocenters. The van der Waals surface area contributed by atoms with Crippen molar-refractivity contribution >= 4 is 11.6 Å². The van der Waals surface area contributed by atoms with Gasteiger partial charge >= 0.3 is 0 Å². The molecule has 0 aromatic heterocycles. The van der Waals surface area contributed by atoms with Gasteiger partial charge in [-0.3, -0.25) is 0 Å². The van der Waals surface area contributed by atoms with Gasteiger partial charge in [0.1, 0.15) is 11.6 Å². The molecule has 0 amide bonds. The van der Waals surface area contributed by atoms with Gasteiger partial charge in [-0.2, -0.15) is 0 Å². The fourth-order valence-electron chi connectivity index (χ4n) is 1.55. The van der Waals surface area contributed by atoms with Gasteiger partial charge in [0.05, 0.1) is 0 Å². The molecule has 2 aromatic carbocycles. The summed E-state index contributed by atoms with van der Waals surface area (Å²) in [4.78, 5) is 0. The summed E-state index contributed by atoms with van der Waals surface area (Å²) in [6.45, 7) is 0. The van der Waals surface area contributed by atoms with Crippen LogP contribution < -0.4 is 0 Å². The highest BCUT2D eigenvalue weighted by Crippen LogP contribution is 2.19. The molecule has 0 radical (unpaired) electrons. The van der Waals surface area contributed by atoms with Crippen LogP contribution in [0.1, 0.15) is 11.1 Å². The third-order valence-corrected chi connectivity index (χ3v) is 2.57. The molecule has 0 aliphatic rings. The number of benzene rings is 2. The van der Waals surface area contributed by atoms with Gasteiger partial charge in [0.2, 0.25) is 0 Å². The van der Waals surface area contributed by atoms with Gasteiger partial charge < -0.3 is 0 Å². The van der Waals surface area contributed by atoms with Crippen LogP contribution in [-0.4, -0.2) is 0 Å². The van der Waals surface area contributed by atoms with Crippen LogP contribution >= 0.6 is 11.6 Å². The van der Waals surface area contributed by atoms with Crippen LogP contribution in [0.4, 0.5) is 8.78 Å². The van der Waals surface area contributed by atoms with Gasteiger partial charge in [0, 0.05) is 17.0 Å². The molecule has 2 rings (SSSR count). The second-order valence-electron chi connectivity index (χ2n) is 3.51. The second kappa shape index (κ2) is 4.62. The zero-order chi connectivity index (χ0) is 11.5. The predicted octanol–water partition coefficient (Wildman–Crippen LogP) is 4.21. The Balaban J connectivity index is 2.34. The Kier molecular flexibility index (Phi) is 3.20.